The number of esters is 2. The highest BCUT2D eigenvalue weighted by atomic mass is 16.5. The first-order valence-corrected chi connectivity index (χ1v) is 9.49. The quantitative estimate of drug-likeness (QED) is 0.617. The molecule has 0 spiro atoms. The van der Waals surface area contributed by atoms with Crippen molar-refractivity contribution in [3.8, 4) is 11.1 Å². The molecule has 0 amide bonds. The van der Waals surface area contributed by atoms with E-state index in [9.17, 15) is 9.59 Å². The zero-order valence-corrected chi connectivity index (χ0v) is 17.7. The van der Waals surface area contributed by atoms with E-state index >= 15 is 0 Å². The van der Waals surface area contributed by atoms with E-state index in [4.69, 9.17) is 9.47 Å². The Morgan fingerprint density at radius 3 is 1.14 bits per heavy atom. The van der Waals surface area contributed by atoms with Crippen molar-refractivity contribution >= 4 is 11.9 Å². The molecule has 0 fully saturated rings. The van der Waals surface area contributed by atoms with Crippen molar-refractivity contribution in [2.75, 3.05) is 13.2 Å². The van der Waals surface area contributed by atoms with Crippen LogP contribution in [-0.2, 0) is 9.47 Å². The lowest BCUT2D eigenvalue weighted by Gasteiger charge is -2.18. The lowest BCUT2D eigenvalue weighted by molar-refractivity contribution is 0.0360. The summed E-state index contributed by atoms with van der Waals surface area (Å²) in [6, 6.07) is 14.5. The third kappa shape index (κ3) is 6.84. The fourth-order valence-corrected chi connectivity index (χ4v) is 2.33. The summed E-state index contributed by atoms with van der Waals surface area (Å²) in [5.74, 6) is -0.642. The van der Waals surface area contributed by atoms with Gasteiger partial charge in [0.25, 0.3) is 0 Å². The minimum absolute atomic E-state index is 0.0641. The van der Waals surface area contributed by atoms with Crippen LogP contribution in [0.4, 0.5) is 0 Å². The number of benzene rings is 2. The van der Waals surface area contributed by atoms with Crippen LogP contribution in [0.3, 0.4) is 0 Å². The van der Waals surface area contributed by atoms with Crippen LogP contribution in [0.2, 0.25) is 0 Å². The maximum absolute atomic E-state index is 12.1. The highest BCUT2D eigenvalue weighted by Gasteiger charge is 2.16. The van der Waals surface area contributed by atoms with Gasteiger partial charge >= 0.3 is 11.9 Å². The van der Waals surface area contributed by atoms with Crippen molar-refractivity contribution in [2.24, 2.45) is 10.8 Å². The van der Waals surface area contributed by atoms with Gasteiger partial charge in [-0.15, -0.1) is 0 Å². The van der Waals surface area contributed by atoms with Crippen molar-refractivity contribution in [3.05, 3.63) is 59.7 Å². The van der Waals surface area contributed by atoms with Crippen LogP contribution < -0.4 is 0 Å². The smallest absolute Gasteiger partial charge is 0.338 e. The number of rotatable bonds is 5. The Bertz CT molecular complexity index is 732. The van der Waals surface area contributed by atoms with Gasteiger partial charge in [-0.05, 0) is 46.2 Å². The van der Waals surface area contributed by atoms with Crippen molar-refractivity contribution < 1.29 is 19.1 Å². The van der Waals surface area contributed by atoms with Crippen LogP contribution in [0.15, 0.2) is 48.5 Å². The van der Waals surface area contributed by atoms with Gasteiger partial charge in [0.05, 0.1) is 24.3 Å². The van der Waals surface area contributed by atoms with E-state index in [1.165, 1.54) is 0 Å². The Kier molecular flexibility index (Phi) is 6.65. The number of carbonyl (C=O) groups is 2. The van der Waals surface area contributed by atoms with Gasteiger partial charge in [0, 0.05) is 0 Å². The van der Waals surface area contributed by atoms with E-state index in [-0.39, 0.29) is 22.8 Å². The molecule has 2 aromatic carbocycles. The summed E-state index contributed by atoms with van der Waals surface area (Å²) in [6.45, 7) is 12.9. The van der Waals surface area contributed by atoms with Crippen molar-refractivity contribution in [3.63, 3.8) is 0 Å². The number of ether oxygens (including phenoxy) is 2. The summed E-state index contributed by atoms with van der Waals surface area (Å²) in [7, 11) is 0. The third-order valence-electron chi connectivity index (χ3n) is 3.85. The zero-order chi connectivity index (χ0) is 20.9. The van der Waals surface area contributed by atoms with Crippen LogP contribution >= 0.6 is 0 Å². The van der Waals surface area contributed by atoms with E-state index in [1.807, 2.05) is 65.8 Å². The zero-order valence-electron chi connectivity index (χ0n) is 17.7. The molecule has 150 valence electrons. The largest absolute Gasteiger partial charge is 0.462 e. The van der Waals surface area contributed by atoms with Crippen molar-refractivity contribution in [1.82, 2.24) is 0 Å². The molecule has 0 aliphatic carbocycles. The minimum Gasteiger partial charge on any atom is -0.462 e. The monoisotopic (exact) mass is 382 g/mol. The highest BCUT2D eigenvalue weighted by Crippen LogP contribution is 2.22. The predicted octanol–water partition coefficient (Wildman–Crippen LogP) is 5.76. The Labute approximate surface area is 167 Å². The lowest BCUT2D eigenvalue weighted by atomic mass is 9.98. The van der Waals surface area contributed by atoms with E-state index in [2.05, 4.69) is 0 Å². The first-order chi connectivity index (χ1) is 12.9. The van der Waals surface area contributed by atoms with E-state index in [1.54, 1.807) is 24.3 Å². The summed E-state index contributed by atoms with van der Waals surface area (Å²) in [4.78, 5) is 24.2. The number of carbonyl (C=O) groups excluding carboxylic acids is 2. The first-order valence-electron chi connectivity index (χ1n) is 9.49. The molecule has 0 unspecified atom stereocenters. The van der Waals surface area contributed by atoms with Gasteiger partial charge in [0.15, 0.2) is 0 Å². The molecule has 2 aromatic rings. The molecule has 0 aliphatic rings. The standard InChI is InChI=1S/C24H30O4/c1-23(2,3)15-27-21(25)19-11-7-17(8-12-19)18-9-13-20(14-10-18)22(26)28-16-24(4,5)6/h7-14H,15-16H2,1-6H3. The Balaban J connectivity index is 2.02. The van der Waals surface area contributed by atoms with Crippen LogP contribution in [0.25, 0.3) is 11.1 Å². The van der Waals surface area contributed by atoms with Gasteiger partial charge in [-0.2, -0.15) is 0 Å². The first kappa shape index (κ1) is 21.7. The lowest BCUT2D eigenvalue weighted by Crippen LogP contribution is -2.18. The SMILES string of the molecule is CC(C)(C)COC(=O)c1ccc(-c2ccc(C(=O)OCC(C)(C)C)cc2)cc1. The van der Waals surface area contributed by atoms with Crippen LogP contribution in [0.1, 0.15) is 62.3 Å². The van der Waals surface area contributed by atoms with Crippen LogP contribution in [0.5, 0.6) is 0 Å². The van der Waals surface area contributed by atoms with Crippen molar-refractivity contribution in [1.29, 1.82) is 0 Å². The minimum atomic E-state index is -0.321. The average Bonchev–Trinajstić information content (AvgIpc) is 2.63. The molecular formula is C24H30O4. The maximum Gasteiger partial charge on any atom is 0.338 e. The van der Waals surface area contributed by atoms with Gasteiger partial charge in [-0.3, -0.25) is 0 Å². The molecule has 0 heterocycles. The van der Waals surface area contributed by atoms with E-state index < -0.39 is 0 Å². The molecule has 0 atom stereocenters. The Morgan fingerprint density at radius 1 is 0.607 bits per heavy atom. The number of hydrogen-bond acceptors (Lipinski definition) is 4. The summed E-state index contributed by atoms with van der Waals surface area (Å²) in [6.07, 6.45) is 0. The Morgan fingerprint density at radius 2 is 0.893 bits per heavy atom. The molecule has 0 bridgehead atoms. The Hall–Kier alpha value is -2.62. The molecule has 28 heavy (non-hydrogen) atoms. The molecule has 0 saturated carbocycles. The second-order valence-corrected chi connectivity index (χ2v) is 9.43. The second kappa shape index (κ2) is 8.59. The molecule has 0 aromatic heterocycles. The summed E-state index contributed by atoms with van der Waals surface area (Å²) in [5, 5.41) is 0. The molecular weight excluding hydrogens is 352 g/mol. The summed E-state index contributed by atoms with van der Waals surface area (Å²) < 4.78 is 10.7. The van der Waals surface area contributed by atoms with E-state index in [0.29, 0.717) is 24.3 Å². The van der Waals surface area contributed by atoms with E-state index in [0.717, 1.165) is 11.1 Å². The second-order valence-electron chi connectivity index (χ2n) is 9.43. The molecule has 0 aliphatic heterocycles. The summed E-state index contributed by atoms with van der Waals surface area (Å²) >= 11 is 0. The van der Waals surface area contributed by atoms with Gasteiger partial charge in [0.1, 0.15) is 0 Å². The normalized spacial score (nSPS) is 11.8. The molecule has 0 saturated heterocycles. The average molecular weight is 383 g/mol. The molecule has 0 radical (unpaired) electrons. The predicted molar refractivity (Wildman–Crippen MR) is 111 cm³/mol. The van der Waals surface area contributed by atoms with Gasteiger partial charge < -0.3 is 9.47 Å². The maximum atomic E-state index is 12.1. The molecule has 0 N–H and O–H groups in total. The van der Waals surface area contributed by atoms with Crippen molar-refractivity contribution in [2.45, 2.75) is 41.5 Å². The molecule has 2 rings (SSSR count). The summed E-state index contributed by atoms with van der Waals surface area (Å²) in [5.41, 5.74) is 2.84. The fourth-order valence-electron chi connectivity index (χ4n) is 2.33. The van der Waals surface area contributed by atoms with Crippen LogP contribution in [0, 0.1) is 10.8 Å². The number of hydrogen-bond donors (Lipinski definition) is 0. The third-order valence-corrected chi connectivity index (χ3v) is 3.85. The topological polar surface area (TPSA) is 52.6 Å². The molecule has 4 nitrogen and oxygen atoms in total. The van der Waals surface area contributed by atoms with Crippen LogP contribution in [-0.4, -0.2) is 25.2 Å². The van der Waals surface area contributed by atoms with Gasteiger partial charge in [0.2, 0.25) is 0 Å². The van der Waals surface area contributed by atoms with Gasteiger partial charge in [-0.1, -0.05) is 65.8 Å². The molecule has 4 heteroatoms. The fraction of sp³-hybridized carbons (Fsp3) is 0.417. The van der Waals surface area contributed by atoms with Gasteiger partial charge in [-0.25, -0.2) is 9.59 Å². The highest BCUT2D eigenvalue weighted by molar-refractivity contribution is 5.91.